The molecule has 0 fully saturated rings. The Kier molecular flexibility index (Phi) is 3.05. The van der Waals surface area contributed by atoms with Crippen molar-refractivity contribution in [2.45, 2.75) is 0 Å². The smallest absolute Gasteiger partial charge is 0.237 e. The van der Waals surface area contributed by atoms with Crippen molar-refractivity contribution in [1.82, 2.24) is 15.0 Å². The van der Waals surface area contributed by atoms with Gasteiger partial charge in [0.15, 0.2) is 0 Å². The quantitative estimate of drug-likeness (QED) is 0.515. The van der Waals surface area contributed by atoms with E-state index in [0.717, 1.165) is 0 Å². The van der Waals surface area contributed by atoms with Crippen LogP contribution in [-0.2, 0) is 0 Å². The van der Waals surface area contributed by atoms with E-state index in [0.29, 0.717) is 12.5 Å². The van der Waals surface area contributed by atoms with Crippen LogP contribution in [0.3, 0.4) is 0 Å². The largest absolute Gasteiger partial charge is 0.286 e. The van der Waals surface area contributed by atoms with E-state index in [4.69, 9.17) is 6.42 Å². The minimum absolute atomic E-state index is 0.512. The van der Waals surface area contributed by atoms with Gasteiger partial charge < -0.3 is 0 Å². The third kappa shape index (κ3) is 2.56. The number of nitrogens with one attached hydrogen (secondary N) is 1. The average molecular weight is 162 g/mol. The summed E-state index contributed by atoms with van der Waals surface area (Å²) in [5, 5.41) is 1.73. The summed E-state index contributed by atoms with van der Waals surface area (Å²) in [5.74, 6) is 3.05. The first-order valence-corrected chi connectivity index (χ1v) is 3.51. The van der Waals surface area contributed by atoms with Crippen molar-refractivity contribution in [2.75, 3.05) is 19.0 Å². The maximum Gasteiger partial charge on any atom is 0.237 e. The van der Waals surface area contributed by atoms with Crippen molar-refractivity contribution in [2.24, 2.45) is 0 Å². The molecule has 0 unspecified atom stereocenters. The lowest BCUT2D eigenvalue weighted by molar-refractivity contribution is 0.449. The first kappa shape index (κ1) is 8.50. The van der Waals surface area contributed by atoms with Crippen molar-refractivity contribution in [3.05, 3.63) is 18.5 Å². The third-order valence-corrected chi connectivity index (χ3v) is 1.19. The van der Waals surface area contributed by atoms with Crippen LogP contribution in [-0.4, -0.2) is 28.6 Å². The Morgan fingerprint density at radius 2 is 2.25 bits per heavy atom. The first-order valence-electron chi connectivity index (χ1n) is 3.51. The lowest BCUT2D eigenvalue weighted by atomic mass is 10.6. The molecule has 0 atom stereocenters. The zero-order chi connectivity index (χ0) is 8.81. The van der Waals surface area contributed by atoms with Gasteiger partial charge in [0.2, 0.25) is 5.95 Å². The van der Waals surface area contributed by atoms with E-state index in [1.165, 1.54) is 0 Å². The van der Waals surface area contributed by atoms with Gasteiger partial charge in [0, 0.05) is 19.4 Å². The summed E-state index contributed by atoms with van der Waals surface area (Å²) < 4.78 is 0. The van der Waals surface area contributed by atoms with Gasteiger partial charge in [-0.3, -0.25) is 5.43 Å². The summed E-state index contributed by atoms with van der Waals surface area (Å²) in [5.41, 5.74) is 2.91. The fourth-order valence-electron chi connectivity index (χ4n) is 0.704. The summed E-state index contributed by atoms with van der Waals surface area (Å²) >= 11 is 0. The lowest BCUT2D eigenvalue weighted by Gasteiger charge is -2.13. The van der Waals surface area contributed by atoms with Crippen LogP contribution in [0.4, 0.5) is 5.95 Å². The topological polar surface area (TPSA) is 41.0 Å². The highest BCUT2D eigenvalue weighted by atomic mass is 15.5. The molecule has 4 nitrogen and oxygen atoms in total. The monoisotopic (exact) mass is 162 g/mol. The molecule has 0 aliphatic rings. The van der Waals surface area contributed by atoms with E-state index in [-0.39, 0.29) is 0 Å². The van der Waals surface area contributed by atoms with Gasteiger partial charge in [-0.1, -0.05) is 5.92 Å². The van der Waals surface area contributed by atoms with Crippen LogP contribution in [0.25, 0.3) is 0 Å². The van der Waals surface area contributed by atoms with E-state index in [2.05, 4.69) is 21.3 Å². The molecule has 1 aromatic rings. The summed E-state index contributed by atoms with van der Waals surface area (Å²) in [6, 6.07) is 1.76. The molecule has 0 aromatic carbocycles. The molecule has 0 aliphatic carbocycles. The molecule has 0 amide bonds. The maximum absolute atomic E-state index is 5.11. The van der Waals surface area contributed by atoms with Gasteiger partial charge in [-0.25, -0.2) is 15.0 Å². The Balaban J connectivity index is 2.48. The molecule has 0 spiro atoms. The molecule has 12 heavy (non-hydrogen) atoms. The van der Waals surface area contributed by atoms with Gasteiger partial charge in [-0.2, -0.15) is 0 Å². The van der Waals surface area contributed by atoms with Gasteiger partial charge in [0.05, 0.1) is 6.54 Å². The van der Waals surface area contributed by atoms with Gasteiger partial charge in [0.1, 0.15) is 0 Å². The van der Waals surface area contributed by atoms with Crippen LogP contribution in [0.15, 0.2) is 18.5 Å². The van der Waals surface area contributed by atoms with Gasteiger partial charge in [0.25, 0.3) is 0 Å². The van der Waals surface area contributed by atoms with E-state index >= 15 is 0 Å². The summed E-state index contributed by atoms with van der Waals surface area (Å²) in [4.78, 5) is 7.94. The molecule has 1 N–H and O–H groups in total. The minimum Gasteiger partial charge on any atom is -0.286 e. The van der Waals surface area contributed by atoms with Crippen LogP contribution in [0.1, 0.15) is 0 Å². The highest BCUT2D eigenvalue weighted by molar-refractivity contribution is 5.20. The van der Waals surface area contributed by atoms with Crippen LogP contribution in [0, 0.1) is 12.3 Å². The van der Waals surface area contributed by atoms with Crippen LogP contribution in [0.5, 0.6) is 0 Å². The van der Waals surface area contributed by atoms with Crippen molar-refractivity contribution in [3.63, 3.8) is 0 Å². The van der Waals surface area contributed by atoms with Crippen LogP contribution in [0.2, 0.25) is 0 Å². The number of hydrogen-bond donors (Lipinski definition) is 1. The van der Waals surface area contributed by atoms with Gasteiger partial charge >= 0.3 is 0 Å². The fourth-order valence-corrected chi connectivity index (χ4v) is 0.704. The second kappa shape index (κ2) is 4.31. The zero-order valence-corrected chi connectivity index (χ0v) is 6.86. The Bertz CT molecular complexity index is 264. The summed E-state index contributed by atoms with van der Waals surface area (Å²) in [6.07, 6.45) is 8.44. The molecule has 1 aromatic heterocycles. The van der Waals surface area contributed by atoms with Crippen LogP contribution >= 0.6 is 0 Å². The molecule has 0 saturated heterocycles. The molecule has 1 rings (SSSR count). The lowest BCUT2D eigenvalue weighted by Crippen LogP contribution is -2.26. The Morgan fingerprint density at radius 3 is 2.83 bits per heavy atom. The van der Waals surface area contributed by atoms with E-state index in [1.807, 2.05) is 7.05 Å². The molecular weight excluding hydrogens is 152 g/mol. The Morgan fingerprint density at radius 1 is 1.58 bits per heavy atom. The molecule has 4 heteroatoms. The van der Waals surface area contributed by atoms with Crippen molar-refractivity contribution < 1.29 is 0 Å². The number of anilines is 1. The van der Waals surface area contributed by atoms with Crippen molar-refractivity contribution in [1.29, 1.82) is 0 Å². The number of nitrogens with zero attached hydrogens (tertiary/aromatic N) is 3. The van der Waals surface area contributed by atoms with E-state index in [1.54, 1.807) is 23.5 Å². The highest BCUT2D eigenvalue weighted by Crippen LogP contribution is 1.94. The fraction of sp³-hybridized carbons (Fsp3) is 0.250. The maximum atomic E-state index is 5.11. The number of hydrogen-bond acceptors (Lipinski definition) is 4. The normalized spacial score (nSPS) is 9.42. The highest BCUT2D eigenvalue weighted by Gasteiger charge is 1.95. The predicted octanol–water partition coefficient (Wildman–Crippen LogP) is 0.369. The number of hydrazine groups is 1. The second-order valence-electron chi connectivity index (χ2n) is 2.24. The molecule has 0 aliphatic heterocycles. The Labute approximate surface area is 71.6 Å². The zero-order valence-electron chi connectivity index (χ0n) is 6.86. The first-order chi connectivity index (χ1) is 5.83. The number of rotatable bonds is 3. The van der Waals surface area contributed by atoms with Crippen LogP contribution < -0.4 is 5.43 Å². The van der Waals surface area contributed by atoms with Crippen molar-refractivity contribution >= 4 is 5.95 Å². The Hall–Kier alpha value is -1.60. The third-order valence-electron chi connectivity index (χ3n) is 1.19. The predicted molar refractivity (Wildman–Crippen MR) is 47.1 cm³/mol. The molecule has 0 radical (unpaired) electrons. The summed E-state index contributed by atoms with van der Waals surface area (Å²) in [7, 11) is 1.83. The minimum atomic E-state index is 0.512. The molecule has 62 valence electrons. The molecule has 1 heterocycles. The van der Waals surface area contributed by atoms with E-state index in [9.17, 15) is 0 Å². The van der Waals surface area contributed by atoms with Gasteiger partial charge in [-0.15, -0.1) is 6.42 Å². The molecular formula is C8H10N4. The average Bonchev–Trinajstić information content (AvgIpc) is 2.06. The summed E-state index contributed by atoms with van der Waals surface area (Å²) in [6.45, 7) is 0.512. The standard InChI is InChI=1S/C8H10N4/c1-3-7-12(2)11-8-9-5-4-6-10-8/h1,4-6H,7H2,2H3,(H,9,10,11). The molecule has 0 saturated carbocycles. The number of aromatic nitrogens is 2. The van der Waals surface area contributed by atoms with Crippen molar-refractivity contribution in [3.8, 4) is 12.3 Å². The SMILES string of the molecule is C#CCN(C)Nc1ncccn1. The molecule has 0 bridgehead atoms. The second-order valence-corrected chi connectivity index (χ2v) is 2.24. The van der Waals surface area contributed by atoms with Gasteiger partial charge in [-0.05, 0) is 6.07 Å². The van der Waals surface area contributed by atoms with E-state index < -0.39 is 0 Å². The number of terminal acetylenes is 1.